The lowest BCUT2D eigenvalue weighted by molar-refractivity contribution is -0.119. The number of hydrogen-bond donors (Lipinski definition) is 3. The molecule has 31 heavy (non-hydrogen) atoms. The summed E-state index contributed by atoms with van der Waals surface area (Å²) in [6, 6.07) is 14.7. The maximum Gasteiger partial charge on any atom is 0.271 e. The molecule has 9 nitrogen and oxygen atoms in total. The van der Waals surface area contributed by atoms with E-state index in [-0.39, 0.29) is 24.4 Å². The third-order valence-corrected chi connectivity index (χ3v) is 5.86. The Labute approximate surface area is 180 Å². The molecule has 1 atom stereocenters. The van der Waals surface area contributed by atoms with E-state index in [4.69, 9.17) is 5.73 Å². The summed E-state index contributed by atoms with van der Waals surface area (Å²) in [6.07, 6.45) is 1.55. The highest BCUT2D eigenvalue weighted by Crippen LogP contribution is 2.24. The van der Waals surface area contributed by atoms with Crippen LogP contribution in [0.3, 0.4) is 0 Å². The zero-order valence-corrected chi connectivity index (χ0v) is 17.5. The maximum atomic E-state index is 12.7. The normalized spacial score (nSPS) is 15.9. The van der Waals surface area contributed by atoms with Crippen LogP contribution in [0.1, 0.15) is 12.0 Å². The van der Waals surface area contributed by atoms with Crippen molar-refractivity contribution < 1.29 is 18.0 Å². The highest BCUT2D eigenvalue weighted by molar-refractivity contribution is 7.88. The van der Waals surface area contributed by atoms with Crippen LogP contribution in [0.5, 0.6) is 0 Å². The van der Waals surface area contributed by atoms with Gasteiger partial charge in [-0.3, -0.25) is 14.6 Å². The quantitative estimate of drug-likeness (QED) is 0.505. The number of rotatable bonds is 9. The van der Waals surface area contributed by atoms with E-state index >= 15 is 0 Å². The summed E-state index contributed by atoms with van der Waals surface area (Å²) >= 11 is 0. The Kier molecular flexibility index (Phi) is 6.83. The van der Waals surface area contributed by atoms with Crippen molar-refractivity contribution in [3.05, 3.63) is 72.8 Å². The standard InChI is InChI=1S/C21H23N5O4S/c1-2-12-23-31(29,30)14-15-8-10-16(11-9-15)24-21(28)18-13-19(20(22)27)26(25-18)17-6-4-3-5-7-17/h2-11,19,23H,1,12-14H2,(H2,22,27)(H,24,28). The van der Waals surface area contributed by atoms with E-state index in [9.17, 15) is 18.0 Å². The van der Waals surface area contributed by atoms with E-state index in [0.29, 0.717) is 16.9 Å². The van der Waals surface area contributed by atoms with Gasteiger partial charge in [0, 0.05) is 18.7 Å². The molecule has 0 spiro atoms. The van der Waals surface area contributed by atoms with Gasteiger partial charge in [0.25, 0.3) is 5.91 Å². The Morgan fingerprint density at radius 2 is 1.84 bits per heavy atom. The number of carbonyl (C=O) groups excluding carboxylic acids is 2. The van der Waals surface area contributed by atoms with Crippen LogP contribution in [0.2, 0.25) is 0 Å². The van der Waals surface area contributed by atoms with Crippen LogP contribution < -0.4 is 20.8 Å². The number of carbonyl (C=O) groups is 2. The van der Waals surface area contributed by atoms with Crippen LogP contribution in [0.25, 0.3) is 0 Å². The van der Waals surface area contributed by atoms with Gasteiger partial charge in [-0.2, -0.15) is 5.10 Å². The highest BCUT2D eigenvalue weighted by atomic mass is 32.2. The Morgan fingerprint density at radius 1 is 1.16 bits per heavy atom. The number of nitrogens with two attached hydrogens (primary N) is 1. The molecule has 0 bridgehead atoms. The van der Waals surface area contributed by atoms with E-state index in [1.54, 1.807) is 48.5 Å². The highest BCUT2D eigenvalue weighted by Gasteiger charge is 2.34. The van der Waals surface area contributed by atoms with Crippen molar-refractivity contribution in [1.82, 2.24) is 4.72 Å². The lowest BCUT2D eigenvalue weighted by Gasteiger charge is -2.20. The Bertz CT molecular complexity index is 1100. The van der Waals surface area contributed by atoms with E-state index in [1.165, 1.54) is 11.1 Å². The van der Waals surface area contributed by atoms with Gasteiger partial charge < -0.3 is 11.1 Å². The van der Waals surface area contributed by atoms with Gasteiger partial charge in [0.1, 0.15) is 11.8 Å². The van der Waals surface area contributed by atoms with Crippen LogP contribution in [0, 0.1) is 0 Å². The number of nitrogens with zero attached hydrogens (tertiary/aromatic N) is 2. The van der Waals surface area contributed by atoms with E-state index < -0.39 is 27.9 Å². The van der Waals surface area contributed by atoms with Gasteiger partial charge in [0.15, 0.2) is 0 Å². The molecule has 162 valence electrons. The molecule has 0 aromatic heterocycles. The van der Waals surface area contributed by atoms with Gasteiger partial charge in [0.05, 0.1) is 11.4 Å². The topological polar surface area (TPSA) is 134 Å². The lowest BCUT2D eigenvalue weighted by Crippen LogP contribution is -2.39. The summed E-state index contributed by atoms with van der Waals surface area (Å²) < 4.78 is 26.3. The van der Waals surface area contributed by atoms with E-state index in [2.05, 4.69) is 21.7 Å². The zero-order valence-electron chi connectivity index (χ0n) is 16.7. The summed E-state index contributed by atoms with van der Waals surface area (Å²) in [4.78, 5) is 24.5. The smallest absolute Gasteiger partial charge is 0.271 e. The van der Waals surface area contributed by atoms with Crippen LogP contribution in [-0.2, 0) is 25.4 Å². The third-order valence-electron chi connectivity index (χ3n) is 4.54. The van der Waals surface area contributed by atoms with Gasteiger partial charge in [-0.1, -0.05) is 36.4 Å². The molecular weight excluding hydrogens is 418 g/mol. The predicted molar refractivity (Wildman–Crippen MR) is 120 cm³/mol. The summed E-state index contributed by atoms with van der Waals surface area (Å²) in [7, 11) is -3.47. The van der Waals surface area contributed by atoms with Crippen LogP contribution in [0.4, 0.5) is 11.4 Å². The number of hydrazone groups is 1. The van der Waals surface area contributed by atoms with Gasteiger partial charge in [0.2, 0.25) is 15.9 Å². The minimum Gasteiger partial charge on any atom is -0.368 e. The average molecular weight is 442 g/mol. The number of para-hydroxylation sites is 1. The predicted octanol–water partition coefficient (Wildman–Crippen LogP) is 1.35. The number of hydrogen-bond acceptors (Lipinski definition) is 6. The third kappa shape index (κ3) is 5.77. The number of amides is 2. The Balaban J connectivity index is 1.68. The first-order valence-corrected chi connectivity index (χ1v) is 11.1. The fraction of sp³-hybridized carbons (Fsp3) is 0.190. The number of anilines is 2. The van der Waals surface area contributed by atoms with Crippen molar-refractivity contribution in [3.63, 3.8) is 0 Å². The van der Waals surface area contributed by atoms with Gasteiger partial charge >= 0.3 is 0 Å². The maximum absolute atomic E-state index is 12.7. The molecule has 1 aliphatic heterocycles. The van der Waals surface area contributed by atoms with Crippen molar-refractivity contribution in [1.29, 1.82) is 0 Å². The molecule has 2 aromatic carbocycles. The SMILES string of the molecule is C=CCNS(=O)(=O)Cc1ccc(NC(=O)C2=NN(c3ccccc3)C(C(N)=O)C2)cc1. The molecule has 2 amide bonds. The molecule has 0 saturated heterocycles. The summed E-state index contributed by atoms with van der Waals surface area (Å²) in [6.45, 7) is 3.63. The first-order chi connectivity index (χ1) is 14.8. The second-order valence-electron chi connectivity index (χ2n) is 6.90. The molecule has 1 heterocycles. The van der Waals surface area contributed by atoms with Crippen LogP contribution in [0.15, 0.2) is 72.4 Å². The van der Waals surface area contributed by atoms with E-state index in [0.717, 1.165) is 0 Å². The van der Waals surface area contributed by atoms with E-state index in [1.807, 2.05) is 6.07 Å². The largest absolute Gasteiger partial charge is 0.368 e. The first kappa shape index (κ1) is 22.2. The Hall–Kier alpha value is -3.50. The summed E-state index contributed by atoms with van der Waals surface area (Å²) in [5.74, 6) is -1.22. The van der Waals surface area contributed by atoms with Gasteiger partial charge in [-0.05, 0) is 29.8 Å². The molecule has 10 heteroatoms. The monoisotopic (exact) mass is 441 g/mol. The lowest BCUT2D eigenvalue weighted by atomic mass is 10.1. The molecule has 1 aliphatic rings. The second-order valence-corrected chi connectivity index (χ2v) is 8.70. The molecular formula is C21H23N5O4S. The molecule has 0 saturated carbocycles. The number of sulfonamides is 1. The van der Waals surface area contributed by atoms with Crippen molar-refractivity contribution in [2.24, 2.45) is 10.8 Å². The number of nitrogens with one attached hydrogen (secondary N) is 2. The van der Waals surface area contributed by atoms with Gasteiger partial charge in [-0.25, -0.2) is 13.1 Å². The molecule has 0 fully saturated rings. The van der Waals surface area contributed by atoms with Crippen LogP contribution in [-0.4, -0.2) is 38.5 Å². The molecule has 4 N–H and O–H groups in total. The molecule has 0 radical (unpaired) electrons. The molecule has 1 unspecified atom stereocenters. The van der Waals surface area contributed by atoms with Crippen molar-refractivity contribution in [3.8, 4) is 0 Å². The van der Waals surface area contributed by atoms with Crippen LogP contribution >= 0.6 is 0 Å². The van der Waals surface area contributed by atoms with Crippen molar-refractivity contribution in [2.45, 2.75) is 18.2 Å². The number of benzene rings is 2. The zero-order chi connectivity index (χ0) is 22.4. The minimum absolute atomic E-state index is 0.0847. The fourth-order valence-electron chi connectivity index (χ4n) is 3.03. The minimum atomic E-state index is -3.47. The Morgan fingerprint density at radius 3 is 2.45 bits per heavy atom. The molecule has 0 aliphatic carbocycles. The summed E-state index contributed by atoms with van der Waals surface area (Å²) in [5.41, 5.74) is 7.36. The second kappa shape index (κ2) is 9.54. The van der Waals surface area contributed by atoms with Crippen molar-refractivity contribution >= 4 is 38.9 Å². The van der Waals surface area contributed by atoms with Crippen molar-refractivity contribution in [2.75, 3.05) is 16.9 Å². The molecule has 2 aromatic rings. The number of primary amides is 1. The summed E-state index contributed by atoms with van der Waals surface area (Å²) in [5, 5.41) is 8.45. The molecule has 3 rings (SSSR count). The average Bonchev–Trinajstić information content (AvgIpc) is 3.20. The fourth-order valence-corrected chi connectivity index (χ4v) is 4.14. The van der Waals surface area contributed by atoms with Gasteiger partial charge in [-0.15, -0.1) is 6.58 Å². The first-order valence-electron chi connectivity index (χ1n) is 9.48.